The lowest BCUT2D eigenvalue weighted by molar-refractivity contribution is -0.140. The van der Waals surface area contributed by atoms with Crippen molar-refractivity contribution in [2.45, 2.75) is 71.0 Å². The molecular formula is C28H38ClN3O5S. The summed E-state index contributed by atoms with van der Waals surface area (Å²) in [5.74, 6) is -0.0210. The molecule has 8 nitrogen and oxygen atoms in total. The zero-order valence-corrected chi connectivity index (χ0v) is 24.1. The highest BCUT2D eigenvalue weighted by atomic mass is 35.5. The summed E-state index contributed by atoms with van der Waals surface area (Å²) in [6.07, 6.45) is 6.58. The van der Waals surface area contributed by atoms with Crippen molar-refractivity contribution in [2.75, 3.05) is 24.2 Å². The third-order valence-corrected chi connectivity index (χ3v) is 8.52. The van der Waals surface area contributed by atoms with Gasteiger partial charge in [-0.15, -0.1) is 0 Å². The average molecular weight is 564 g/mol. The smallest absolute Gasteiger partial charge is 0.244 e. The number of aryl methyl sites for hydroxylation is 1. The molecule has 2 aromatic carbocycles. The molecule has 10 heteroatoms. The zero-order valence-electron chi connectivity index (χ0n) is 22.6. The molecule has 0 saturated heterocycles. The van der Waals surface area contributed by atoms with Crippen molar-refractivity contribution >= 4 is 39.1 Å². The second-order valence-corrected chi connectivity index (χ2v) is 12.2. The third-order valence-electron chi connectivity index (χ3n) is 6.97. The van der Waals surface area contributed by atoms with Gasteiger partial charge in [0.15, 0.2) is 0 Å². The number of sulfonamides is 1. The highest BCUT2D eigenvalue weighted by Crippen LogP contribution is 2.26. The van der Waals surface area contributed by atoms with Crippen molar-refractivity contribution in [2.24, 2.45) is 0 Å². The topological polar surface area (TPSA) is 96.0 Å². The van der Waals surface area contributed by atoms with E-state index in [9.17, 15) is 18.0 Å². The van der Waals surface area contributed by atoms with E-state index in [2.05, 4.69) is 5.32 Å². The quantitative estimate of drug-likeness (QED) is 0.428. The summed E-state index contributed by atoms with van der Waals surface area (Å²) in [7, 11) is -2.25. The number of nitrogens with one attached hydrogen (secondary N) is 1. The van der Waals surface area contributed by atoms with Gasteiger partial charge in [-0.2, -0.15) is 0 Å². The molecule has 2 amide bonds. The molecule has 2 aromatic rings. The normalized spacial score (nSPS) is 15.0. The van der Waals surface area contributed by atoms with E-state index in [0.29, 0.717) is 22.9 Å². The summed E-state index contributed by atoms with van der Waals surface area (Å²) in [5.41, 5.74) is 1.88. The summed E-state index contributed by atoms with van der Waals surface area (Å²) in [5, 5.41) is 3.54. The van der Waals surface area contributed by atoms with E-state index >= 15 is 0 Å². The number of hydrogen-bond donors (Lipinski definition) is 1. The van der Waals surface area contributed by atoms with E-state index in [0.717, 1.165) is 53.8 Å². The van der Waals surface area contributed by atoms with Crippen LogP contribution in [0.3, 0.4) is 0 Å². The molecule has 0 radical (unpaired) electrons. The Balaban J connectivity index is 1.92. The molecule has 0 aliphatic heterocycles. The number of methoxy groups -OCH3 is 1. The van der Waals surface area contributed by atoms with Crippen LogP contribution in [0, 0.1) is 6.92 Å². The number of rotatable bonds is 11. The van der Waals surface area contributed by atoms with Crippen LogP contribution in [0.1, 0.15) is 56.6 Å². The molecule has 0 spiro atoms. The molecule has 1 fully saturated rings. The van der Waals surface area contributed by atoms with E-state index in [-0.39, 0.29) is 18.5 Å². The van der Waals surface area contributed by atoms with Gasteiger partial charge in [-0.25, -0.2) is 8.42 Å². The van der Waals surface area contributed by atoms with Crippen molar-refractivity contribution < 1.29 is 22.7 Å². The van der Waals surface area contributed by atoms with Crippen LogP contribution >= 0.6 is 11.6 Å². The number of benzene rings is 2. The number of amides is 2. The summed E-state index contributed by atoms with van der Waals surface area (Å²) in [6.45, 7) is 3.36. The van der Waals surface area contributed by atoms with Crippen LogP contribution in [0.2, 0.25) is 5.02 Å². The number of nitrogens with zero attached hydrogens (tertiary/aromatic N) is 2. The van der Waals surface area contributed by atoms with E-state index < -0.39 is 28.5 Å². The monoisotopic (exact) mass is 563 g/mol. The number of hydrogen-bond acceptors (Lipinski definition) is 5. The lowest BCUT2D eigenvalue weighted by Gasteiger charge is -2.34. The maximum Gasteiger partial charge on any atom is 0.244 e. The Morgan fingerprint density at radius 2 is 1.76 bits per heavy atom. The van der Waals surface area contributed by atoms with Gasteiger partial charge in [0.05, 0.1) is 19.1 Å². The van der Waals surface area contributed by atoms with Crippen LogP contribution in [0.4, 0.5) is 5.69 Å². The van der Waals surface area contributed by atoms with Crippen molar-refractivity contribution in [3.05, 3.63) is 58.6 Å². The number of carbonyl (C=O) groups excluding carboxylic acids is 2. The second-order valence-electron chi connectivity index (χ2n) is 9.84. The minimum Gasteiger partial charge on any atom is -0.497 e. The maximum atomic E-state index is 13.8. The van der Waals surface area contributed by atoms with Crippen molar-refractivity contribution in [3.63, 3.8) is 0 Å². The Kier molecular flexibility index (Phi) is 10.4. The van der Waals surface area contributed by atoms with E-state index in [4.69, 9.17) is 16.3 Å². The first kappa shape index (κ1) is 29.8. The van der Waals surface area contributed by atoms with Gasteiger partial charge in [0.2, 0.25) is 21.8 Å². The number of carbonyl (C=O) groups is 2. The molecule has 0 bridgehead atoms. The average Bonchev–Trinajstić information content (AvgIpc) is 2.89. The van der Waals surface area contributed by atoms with Crippen molar-refractivity contribution in [1.82, 2.24) is 10.2 Å². The Morgan fingerprint density at radius 3 is 2.32 bits per heavy atom. The predicted molar refractivity (Wildman–Crippen MR) is 151 cm³/mol. The van der Waals surface area contributed by atoms with Gasteiger partial charge in [0.1, 0.15) is 18.3 Å². The van der Waals surface area contributed by atoms with Crippen molar-refractivity contribution in [3.8, 4) is 5.75 Å². The molecule has 1 atom stereocenters. The largest absolute Gasteiger partial charge is 0.497 e. The van der Waals surface area contributed by atoms with E-state index in [1.165, 1.54) is 11.0 Å². The molecule has 0 aromatic heterocycles. The summed E-state index contributed by atoms with van der Waals surface area (Å²) >= 11 is 6.27. The van der Waals surface area contributed by atoms with Gasteiger partial charge in [0, 0.05) is 17.6 Å². The predicted octanol–water partition coefficient (Wildman–Crippen LogP) is 4.68. The number of ether oxygens (including phenoxy) is 1. The molecular weight excluding hydrogens is 526 g/mol. The van der Waals surface area contributed by atoms with Crippen LogP contribution < -0.4 is 14.4 Å². The third kappa shape index (κ3) is 7.86. The Hall–Kier alpha value is -2.78. The first-order chi connectivity index (χ1) is 18.0. The van der Waals surface area contributed by atoms with Gasteiger partial charge >= 0.3 is 0 Å². The minimum absolute atomic E-state index is 0.0884. The Labute approximate surface area is 231 Å². The van der Waals surface area contributed by atoms with E-state index in [1.54, 1.807) is 31.4 Å². The fourth-order valence-electron chi connectivity index (χ4n) is 4.74. The molecule has 1 saturated carbocycles. The highest BCUT2D eigenvalue weighted by molar-refractivity contribution is 7.92. The molecule has 1 aliphatic carbocycles. The summed E-state index contributed by atoms with van der Waals surface area (Å²) in [6, 6.07) is 11.4. The van der Waals surface area contributed by atoms with Gasteiger partial charge in [-0.3, -0.25) is 13.9 Å². The molecule has 3 rings (SSSR count). The van der Waals surface area contributed by atoms with Gasteiger partial charge in [-0.05, 0) is 61.6 Å². The van der Waals surface area contributed by atoms with Crippen LogP contribution in [0.25, 0.3) is 0 Å². The molecule has 0 heterocycles. The fraction of sp³-hybridized carbons (Fsp3) is 0.500. The van der Waals surface area contributed by atoms with Crippen LogP contribution in [0.5, 0.6) is 5.75 Å². The summed E-state index contributed by atoms with van der Waals surface area (Å²) in [4.78, 5) is 28.8. The van der Waals surface area contributed by atoms with Gasteiger partial charge < -0.3 is 15.0 Å². The van der Waals surface area contributed by atoms with Gasteiger partial charge in [0.25, 0.3) is 0 Å². The standard InChI is InChI=1S/C28H38ClN3O5S/c1-5-26(28(34)30-22-9-7-6-8-10-22)31(18-21-12-15-24(37-3)16-13-21)27(33)19-32(38(4,35)36)23-14-11-20(2)25(29)17-23/h11-17,22,26H,5-10,18-19H2,1-4H3,(H,30,34)/t26-/m1/s1. The maximum absolute atomic E-state index is 13.8. The number of halogens is 1. The molecule has 1 aliphatic rings. The molecule has 208 valence electrons. The fourth-order valence-corrected chi connectivity index (χ4v) is 5.76. The number of anilines is 1. The Morgan fingerprint density at radius 1 is 1.11 bits per heavy atom. The molecule has 0 unspecified atom stereocenters. The van der Waals surface area contributed by atoms with Crippen molar-refractivity contribution in [1.29, 1.82) is 0 Å². The van der Waals surface area contributed by atoms with Crippen LogP contribution in [-0.2, 0) is 26.2 Å². The Bertz CT molecular complexity index is 1210. The first-order valence-electron chi connectivity index (χ1n) is 13.0. The zero-order chi connectivity index (χ0) is 27.9. The molecule has 1 N–H and O–H groups in total. The second kappa shape index (κ2) is 13.3. The minimum atomic E-state index is -3.82. The summed E-state index contributed by atoms with van der Waals surface area (Å²) < 4.78 is 31.8. The van der Waals surface area contributed by atoms with Crippen LogP contribution in [-0.4, -0.2) is 57.1 Å². The SMILES string of the molecule is CC[C@H](C(=O)NC1CCCCC1)N(Cc1ccc(OC)cc1)C(=O)CN(c1ccc(C)c(Cl)c1)S(C)(=O)=O. The first-order valence-corrected chi connectivity index (χ1v) is 15.2. The lowest BCUT2D eigenvalue weighted by Crippen LogP contribution is -2.53. The lowest BCUT2D eigenvalue weighted by atomic mass is 9.95. The van der Waals surface area contributed by atoms with Crippen LogP contribution in [0.15, 0.2) is 42.5 Å². The van der Waals surface area contributed by atoms with E-state index in [1.807, 2.05) is 26.0 Å². The van der Waals surface area contributed by atoms with Gasteiger partial charge in [-0.1, -0.05) is 56.0 Å². The molecule has 38 heavy (non-hydrogen) atoms. The highest BCUT2D eigenvalue weighted by Gasteiger charge is 2.33.